The van der Waals surface area contributed by atoms with Gasteiger partial charge in [0.1, 0.15) is 20.3 Å². The molecule has 0 aromatic heterocycles. The maximum atomic E-state index is 8.49. The molecule has 2 aliphatic heterocycles. The van der Waals surface area contributed by atoms with Crippen LogP contribution in [0.3, 0.4) is 0 Å². The van der Waals surface area contributed by atoms with Gasteiger partial charge in [-0.15, -0.1) is 24.2 Å². The normalized spacial score (nSPS) is 13.2. The van der Waals surface area contributed by atoms with Gasteiger partial charge in [-0.3, -0.25) is 4.90 Å². The third-order valence-electron chi connectivity index (χ3n) is 12.1. The molecule has 13 heteroatoms. The summed E-state index contributed by atoms with van der Waals surface area (Å²) in [7, 11) is 0. The number of quaternary nitrogens is 1. The van der Waals surface area contributed by atoms with Crippen molar-refractivity contribution in [2.45, 2.75) is 35.2 Å². The Morgan fingerprint density at radius 1 is 0.553 bits per heavy atom. The maximum Gasteiger partial charge on any atom is 1.00 e. The fourth-order valence-corrected chi connectivity index (χ4v) is 10.2. The number of epoxide rings is 1. The van der Waals surface area contributed by atoms with Gasteiger partial charge in [0.25, 0.3) is 0 Å². The number of nitrogens with zero attached hydrogens (tertiary/aromatic N) is 1. The van der Waals surface area contributed by atoms with Crippen LogP contribution in [-0.4, -0.2) is 95.4 Å². The smallest absolute Gasteiger partial charge is 1.00 e. The topological polar surface area (TPSA) is 101 Å². The number of aliphatic hydroxyl groups excluding tert-OH is 1. The SMILES string of the molecule is C1=Cc2ccccc2CC1.C1CO1.Cl.OCCCN1COCOC1.SC(c1ccccc1)(c1ccccc1)c1ccccc1.[Cl-].[K+].[NH3+]CCCOCCOCCSC(c1ccccc1)(c1ccccc1)c1ccccc1. The van der Waals surface area contributed by atoms with Crippen molar-refractivity contribution in [3.05, 3.63) is 257 Å². The van der Waals surface area contributed by atoms with Crippen LogP contribution in [-0.2, 0) is 39.6 Å². The molecule has 0 saturated carbocycles. The van der Waals surface area contributed by atoms with E-state index in [2.05, 4.69) is 211 Å². The van der Waals surface area contributed by atoms with Crippen molar-refractivity contribution in [2.24, 2.45) is 0 Å². The number of hydrogen-bond acceptors (Lipinski definition) is 9. The zero-order valence-corrected chi connectivity index (χ0v) is 50.5. The third-order valence-corrected chi connectivity index (χ3v) is 14.3. The predicted molar refractivity (Wildman–Crippen MR) is 311 cm³/mol. The molecule has 7 aromatic rings. The molecule has 3 aliphatic rings. The van der Waals surface area contributed by atoms with Crippen molar-refractivity contribution in [1.29, 1.82) is 0 Å². The average molecular weight is 1130 g/mol. The summed E-state index contributed by atoms with van der Waals surface area (Å²) < 4.78 is 25.2. The number of ether oxygens (including phenoxy) is 5. The van der Waals surface area contributed by atoms with Crippen LogP contribution >= 0.6 is 36.8 Å². The number of aliphatic hydroxyl groups is 1. The summed E-state index contributed by atoms with van der Waals surface area (Å²) >= 11 is 7.01. The van der Waals surface area contributed by atoms with Gasteiger partial charge in [0.15, 0.2) is 0 Å². The summed E-state index contributed by atoms with van der Waals surface area (Å²) in [5.74, 6) is 0.886. The minimum absolute atomic E-state index is 0. The third kappa shape index (κ3) is 22.6. The van der Waals surface area contributed by atoms with Crippen LogP contribution in [0.4, 0.5) is 0 Å². The molecule has 0 spiro atoms. The number of halogens is 2. The molecule has 8 nitrogen and oxygen atoms in total. The van der Waals surface area contributed by atoms with Gasteiger partial charge in [0, 0.05) is 25.3 Å². The van der Waals surface area contributed by atoms with E-state index >= 15 is 0 Å². The molecule has 2 saturated heterocycles. The Labute approximate surface area is 518 Å². The van der Waals surface area contributed by atoms with Crippen LogP contribution in [0.5, 0.6) is 0 Å². The number of allylic oxidation sites excluding steroid dienone is 1. The van der Waals surface area contributed by atoms with E-state index in [1.54, 1.807) is 0 Å². The van der Waals surface area contributed by atoms with E-state index in [0.717, 1.165) is 51.5 Å². The summed E-state index contributed by atoms with van der Waals surface area (Å²) in [6, 6.07) is 72.2. The van der Waals surface area contributed by atoms with E-state index < -0.39 is 4.75 Å². The molecule has 1 aliphatic carbocycles. The molecule has 0 unspecified atom stereocenters. The molecule has 2 fully saturated rings. The van der Waals surface area contributed by atoms with Crippen molar-refractivity contribution in [3.63, 3.8) is 0 Å². The largest absolute Gasteiger partial charge is 1.00 e. The Morgan fingerprint density at radius 3 is 1.37 bits per heavy atom. The van der Waals surface area contributed by atoms with E-state index in [1.807, 2.05) is 34.9 Å². The molecule has 0 bridgehead atoms. The monoisotopic (exact) mass is 1130 g/mol. The number of thiol groups is 1. The van der Waals surface area contributed by atoms with Gasteiger partial charge in [0.05, 0.1) is 55.7 Å². The number of fused-ring (bicyclic) bond motifs is 1. The Morgan fingerprint density at radius 2 is 0.961 bits per heavy atom. The summed E-state index contributed by atoms with van der Waals surface area (Å²) in [6.07, 6.45) is 8.65. The second-order valence-electron chi connectivity index (χ2n) is 17.4. The molecule has 0 radical (unpaired) electrons. The zero-order chi connectivity index (χ0) is 50.9. The van der Waals surface area contributed by atoms with Gasteiger partial charge in [-0.2, -0.15) is 12.6 Å². The van der Waals surface area contributed by atoms with Crippen LogP contribution in [0.2, 0.25) is 0 Å². The first-order valence-corrected chi connectivity index (χ1v) is 27.0. The number of benzene rings is 7. The van der Waals surface area contributed by atoms with Crippen LogP contribution in [0.1, 0.15) is 63.8 Å². The van der Waals surface area contributed by atoms with Gasteiger partial charge in [-0.1, -0.05) is 218 Å². The van der Waals surface area contributed by atoms with Crippen molar-refractivity contribution in [2.75, 3.05) is 85.3 Å². The number of hydrogen-bond donors (Lipinski definition) is 3. The number of rotatable bonds is 19. The van der Waals surface area contributed by atoms with Crippen molar-refractivity contribution < 1.29 is 98.3 Å². The van der Waals surface area contributed by atoms with Gasteiger partial charge in [0.2, 0.25) is 0 Å². The van der Waals surface area contributed by atoms with Crippen molar-refractivity contribution in [3.8, 4) is 0 Å². The summed E-state index contributed by atoms with van der Waals surface area (Å²) in [4.78, 5) is 2.00. The van der Waals surface area contributed by atoms with Crippen molar-refractivity contribution in [1.82, 2.24) is 4.90 Å². The summed E-state index contributed by atoms with van der Waals surface area (Å²) in [5, 5.41) is 8.49. The molecular formula is C63H76Cl2KN2O6S2+. The first-order valence-electron chi connectivity index (χ1n) is 25.5. The standard InChI is InChI=1S/C26H31NO2S.C19H16S.C10H10.C6H13NO3.C2H4O.2ClH.K/c27-17-10-18-28-19-20-29-21-22-30-26(23-11-4-1-5-12-23,24-13-6-2-7-14-24)25-15-8-3-9-16-25;20-19(16-10-4-1-5-11-16,17-12-6-2-7-13-17)18-14-8-3-9-15-18;1-2-6-10-8-4-3-7-9(10)5-1;8-3-1-2-7-4-9-6-10-5-7;1-2-3-1;;;/h1-9,11-16H,10,17-22,27H2;1-15,20H;1-3,5-7H,4,8H2;8H,1-6H2;1-2H2;2*1H;/q;;;;;;;+1. The number of thioether (sulfide) groups is 1. The first kappa shape index (κ1) is 67.2. The van der Waals surface area contributed by atoms with E-state index in [9.17, 15) is 0 Å². The molecule has 400 valence electrons. The van der Waals surface area contributed by atoms with E-state index in [0.29, 0.717) is 40.1 Å². The Balaban J connectivity index is 0.000000282. The Hall–Kier alpha value is -3.12. The Bertz CT molecular complexity index is 2320. The van der Waals surface area contributed by atoms with Gasteiger partial charge in [-0.05, 0) is 63.8 Å². The van der Waals surface area contributed by atoms with Crippen LogP contribution in [0.15, 0.2) is 212 Å². The molecule has 2 heterocycles. The first-order chi connectivity index (χ1) is 36.1. The van der Waals surface area contributed by atoms with Gasteiger partial charge in [-0.25, -0.2) is 0 Å². The molecule has 7 aromatic carbocycles. The van der Waals surface area contributed by atoms with Gasteiger partial charge < -0.3 is 46.9 Å². The molecule has 4 N–H and O–H groups in total. The molecule has 10 rings (SSSR count). The van der Waals surface area contributed by atoms with E-state index in [1.165, 1.54) is 57.3 Å². The minimum Gasteiger partial charge on any atom is -1.00 e. The predicted octanol–water partition coefficient (Wildman–Crippen LogP) is 5.97. The van der Waals surface area contributed by atoms with Crippen LogP contribution in [0.25, 0.3) is 6.08 Å². The van der Waals surface area contributed by atoms with Crippen molar-refractivity contribution >= 4 is 42.9 Å². The van der Waals surface area contributed by atoms with Gasteiger partial charge >= 0.3 is 51.4 Å². The number of aryl methyl sites for hydroxylation is 1. The second kappa shape index (κ2) is 40.1. The molecule has 76 heavy (non-hydrogen) atoms. The second-order valence-corrected chi connectivity index (χ2v) is 19.4. The quantitative estimate of drug-likeness (QED) is 0.0300. The van der Waals surface area contributed by atoms with Crippen LogP contribution in [0, 0.1) is 0 Å². The maximum absolute atomic E-state index is 8.49. The fraction of sp³-hybridized carbons (Fsp3) is 0.302. The van der Waals surface area contributed by atoms with Crippen LogP contribution < -0.4 is 69.5 Å². The summed E-state index contributed by atoms with van der Waals surface area (Å²) in [6.45, 7) is 8.37. The average Bonchev–Trinajstić information content (AvgIpc) is 4.39. The molecular weight excluding hydrogens is 1050 g/mol. The van der Waals surface area contributed by atoms with E-state index in [4.69, 9.17) is 36.7 Å². The molecule has 0 amide bonds. The zero-order valence-electron chi connectivity index (χ0n) is 44.1. The fourth-order valence-electron chi connectivity index (χ4n) is 8.31. The summed E-state index contributed by atoms with van der Waals surface area (Å²) in [5.41, 5.74) is 14.1. The molecule has 0 atom stereocenters. The van der Waals surface area contributed by atoms with E-state index in [-0.39, 0.29) is 87.6 Å². The minimum atomic E-state index is -0.427. The Kier molecular flexibility index (Phi) is 35.4.